The second-order valence-electron chi connectivity index (χ2n) is 6.05. The van der Waals surface area contributed by atoms with Crippen LogP contribution in [0.4, 0.5) is 0 Å². The van der Waals surface area contributed by atoms with Crippen molar-refractivity contribution in [2.75, 3.05) is 0 Å². The van der Waals surface area contributed by atoms with Gasteiger partial charge in [-0.05, 0) is 43.8 Å². The van der Waals surface area contributed by atoms with Crippen LogP contribution in [0.3, 0.4) is 0 Å². The van der Waals surface area contributed by atoms with Crippen LogP contribution >= 0.6 is 0 Å². The predicted octanol–water partition coefficient (Wildman–Crippen LogP) is 6.27. The van der Waals surface area contributed by atoms with E-state index in [0.29, 0.717) is 5.92 Å². The third-order valence-corrected chi connectivity index (χ3v) is 4.40. The van der Waals surface area contributed by atoms with E-state index >= 15 is 0 Å². The first-order valence-electron chi connectivity index (χ1n) is 7.59. The molecule has 0 heteroatoms. The average Bonchev–Trinajstić information content (AvgIpc) is 2.53. The Labute approximate surface area is 125 Å². The van der Waals surface area contributed by atoms with Crippen LogP contribution in [-0.2, 0) is 0 Å². The first-order chi connectivity index (χ1) is 10.3. The van der Waals surface area contributed by atoms with Gasteiger partial charge in [-0.1, -0.05) is 80.6 Å². The third-order valence-electron chi connectivity index (χ3n) is 4.40. The van der Waals surface area contributed by atoms with E-state index in [1.54, 1.807) is 0 Å². The summed E-state index contributed by atoms with van der Waals surface area (Å²) in [4.78, 5) is 0. The Kier molecular flexibility index (Phi) is 2.71. The molecule has 0 fully saturated rings. The summed E-state index contributed by atoms with van der Waals surface area (Å²) >= 11 is 0. The predicted molar refractivity (Wildman–Crippen MR) is 93.0 cm³/mol. The van der Waals surface area contributed by atoms with Crippen molar-refractivity contribution in [1.29, 1.82) is 0 Å². The highest BCUT2D eigenvalue weighted by Gasteiger charge is 2.11. The van der Waals surface area contributed by atoms with E-state index in [-0.39, 0.29) is 0 Å². The lowest BCUT2D eigenvalue weighted by molar-refractivity contribution is 0.878. The quantitative estimate of drug-likeness (QED) is 0.357. The van der Waals surface area contributed by atoms with Crippen molar-refractivity contribution < 1.29 is 0 Å². The van der Waals surface area contributed by atoms with Crippen LogP contribution in [-0.4, -0.2) is 0 Å². The van der Waals surface area contributed by atoms with Gasteiger partial charge in [-0.25, -0.2) is 0 Å². The van der Waals surface area contributed by atoms with Gasteiger partial charge in [-0.15, -0.1) is 0 Å². The summed E-state index contributed by atoms with van der Waals surface area (Å²) in [7, 11) is 0. The van der Waals surface area contributed by atoms with Crippen molar-refractivity contribution in [2.45, 2.75) is 19.8 Å². The Balaban J connectivity index is 2.33. The number of hydrogen-bond acceptors (Lipinski definition) is 0. The van der Waals surface area contributed by atoms with Crippen molar-refractivity contribution >= 4 is 32.3 Å². The zero-order valence-corrected chi connectivity index (χ0v) is 12.4. The molecule has 0 nitrogen and oxygen atoms in total. The molecule has 0 saturated carbocycles. The van der Waals surface area contributed by atoms with E-state index in [0.717, 1.165) is 0 Å². The number of benzene rings is 4. The fourth-order valence-corrected chi connectivity index (χ4v) is 3.37. The lowest BCUT2D eigenvalue weighted by Gasteiger charge is -2.15. The summed E-state index contributed by atoms with van der Waals surface area (Å²) in [6.45, 7) is 4.57. The van der Waals surface area contributed by atoms with Crippen molar-refractivity contribution in [2.24, 2.45) is 0 Å². The summed E-state index contributed by atoms with van der Waals surface area (Å²) in [6.07, 6.45) is 0. The van der Waals surface area contributed by atoms with Crippen LogP contribution in [0.5, 0.6) is 0 Å². The van der Waals surface area contributed by atoms with Gasteiger partial charge < -0.3 is 0 Å². The minimum atomic E-state index is 0.517. The maximum atomic E-state index is 2.37. The zero-order chi connectivity index (χ0) is 14.4. The number of rotatable bonds is 1. The van der Waals surface area contributed by atoms with Crippen LogP contribution < -0.4 is 0 Å². The summed E-state index contributed by atoms with van der Waals surface area (Å²) in [5, 5.41) is 8.16. The molecule has 0 spiro atoms. The average molecular weight is 270 g/mol. The topological polar surface area (TPSA) is 0 Å². The molecule has 0 aliphatic carbocycles. The molecule has 0 heterocycles. The van der Waals surface area contributed by atoms with Crippen molar-refractivity contribution in [3.05, 3.63) is 72.3 Å². The Hall–Kier alpha value is -2.34. The highest BCUT2D eigenvalue weighted by Crippen LogP contribution is 2.36. The molecule has 0 unspecified atom stereocenters. The van der Waals surface area contributed by atoms with Gasteiger partial charge in [0.25, 0.3) is 0 Å². The van der Waals surface area contributed by atoms with E-state index in [1.807, 2.05) is 0 Å². The fraction of sp³-hybridized carbons (Fsp3) is 0.143. The zero-order valence-electron chi connectivity index (χ0n) is 12.4. The third kappa shape index (κ3) is 1.83. The molecule has 0 N–H and O–H groups in total. The standard InChI is InChI=1S/C21H18/c1-14(2)20-13-16-8-4-5-9-17(16)19-12-11-15-7-3-6-10-18(15)21(19)20/h3-14H,1-2H3. The highest BCUT2D eigenvalue weighted by molar-refractivity contribution is 6.18. The number of hydrogen-bond donors (Lipinski definition) is 0. The van der Waals surface area contributed by atoms with E-state index in [2.05, 4.69) is 80.6 Å². The van der Waals surface area contributed by atoms with Crippen LogP contribution in [0, 0.1) is 0 Å². The summed E-state index contributed by atoms with van der Waals surface area (Å²) < 4.78 is 0. The molecule has 0 radical (unpaired) electrons. The minimum Gasteiger partial charge on any atom is -0.0616 e. The van der Waals surface area contributed by atoms with Gasteiger partial charge in [0.15, 0.2) is 0 Å². The molecule has 0 aliphatic heterocycles. The lowest BCUT2D eigenvalue weighted by Crippen LogP contribution is -1.92. The maximum absolute atomic E-state index is 2.37. The van der Waals surface area contributed by atoms with Gasteiger partial charge in [-0.3, -0.25) is 0 Å². The normalized spacial score (nSPS) is 11.8. The molecular formula is C21H18. The maximum Gasteiger partial charge on any atom is -0.00642 e. The molecule has 21 heavy (non-hydrogen) atoms. The van der Waals surface area contributed by atoms with Gasteiger partial charge in [0.1, 0.15) is 0 Å². The van der Waals surface area contributed by atoms with E-state index < -0.39 is 0 Å². The molecule has 0 aliphatic rings. The first kappa shape index (κ1) is 12.4. The second-order valence-corrected chi connectivity index (χ2v) is 6.05. The molecule has 4 aromatic rings. The van der Waals surface area contributed by atoms with Crippen molar-refractivity contribution in [3.8, 4) is 0 Å². The van der Waals surface area contributed by atoms with E-state index in [9.17, 15) is 0 Å². The lowest BCUT2D eigenvalue weighted by atomic mass is 9.89. The van der Waals surface area contributed by atoms with E-state index in [4.69, 9.17) is 0 Å². The molecule has 0 bridgehead atoms. The Morgan fingerprint density at radius 3 is 2.05 bits per heavy atom. The van der Waals surface area contributed by atoms with Gasteiger partial charge >= 0.3 is 0 Å². The van der Waals surface area contributed by atoms with Gasteiger partial charge in [0.2, 0.25) is 0 Å². The number of fused-ring (bicyclic) bond motifs is 5. The van der Waals surface area contributed by atoms with Crippen LogP contribution in [0.1, 0.15) is 25.3 Å². The van der Waals surface area contributed by atoms with Crippen LogP contribution in [0.2, 0.25) is 0 Å². The molecular weight excluding hydrogens is 252 g/mol. The SMILES string of the molecule is CC(C)c1cc2ccccc2c2ccc3ccccc3c12. The Bertz CT molecular complexity index is 961. The Morgan fingerprint density at radius 1 is 0.619 bits per heavy atom. The summed E-state index contributed by atoms with van der Waals surface area (Å²) in [5.41, 5.74) is 1.44. The molecule has 4 aromatic carbocycles. The highest BCUT2D eigenvalue weighted by atomic mass is 14.2. The first-order valence-corrected chi connectivity index (χ1v) is 7.59. The molecule has 0 amide bonds. The molecule has 4 rings (SSSR count). The smallest absolute Gasteiger partial charge is 0.00642 e. The van der Waals surface area contributed by atoms with Crippen molar-refractivity contribution in [3.63, 3.8) is 0 Å². The molecule has 102 valence electrons. The summed E-state index contributed by atoms with van der Waals surface area (Å²) in [6, 6.07) is 24.3. The van der Waals surface area contributed by atoms with Gasteiger partial charge in [0, 0.05) is 0 Å². The monoisotopic (exact) mass is 270 g/mol. The largest absolute Gasteiger partial charge is 0.0616 e. The van der Waals surface area contributed by atoms with E-state index in [1.165, 1.54) is 37.9 Å². The van der Waals surface area contributed by atoms with Gasteiger partial charge in [-0.2, -0.15) is 0 Å². The molecule has 0 saturated heterocycles. The van der Waals surface area contributed by atoms with Gasteiger partial charge in [0.05, 0.1) is 0 Å². The fourth-order valence-electron chi connectivity index (χ4n) is 3.37. The van der Waals surface area contributed by atoms with Crippen LogP contribution in [0.15, 0.2) is 66.7 Å². The molecule has 0 aromatic heterocycles. The van der Waals surface area contributed by atoms with Crippen LogP contribution in [0.25, 0.3) is 32.3 Å². The minimum absolute atomic E-state index is 0.517. The second kappa shape index (κ2) is 4.60. The summed E-state index contributed by atoms with van der Waals surface area (Å²) in [5.74, 6) is 0.517. The molecule has 0 atom stereocenters. The van der Waals surface area contributed by atoms with Crippen molar-refractivity contribution in [1.82, 2.24) is 0 Å². The Morgan fingerprint density at radius 2 is 1.29 bits per heavy atom.